The van der Waals surface area contributed by atoms with Gasteiger partial charge in [-0.2, -0.15) is 0 Å². The molecule has 3 N–H and O–H groups in total. The van der Waals surface area contributed by atoms with E-state index in [-0.39, 0.29) is 11.9 Å². The predicted octanol–water partition coefficient (Wildman–Crippen LogP) is 2.51. The number of halogens is 2. The van der Waals surface area contributed by atoms with E-state index >= 15 is 0 Å². The number of hydrazine groups is 1. The quantitative estimate of drug-likeness (QED) is 0.501. The highest BCUT2D eigenvalue weighted by Crippen LogP contribution is 2.23. The highest BCUT2D eigenvalue weighted by atomic mass is 79.9. The molecule has 0 fully saturated rings. The zero-order valence-electron chi connectivity index (χ0n) is 8.13. The number of nitrogens with one attached hydrogen (secondary N) is 1. The molecule has 2 nitrogen and oxygen atoms in total. The Morgan fingerprint density at radius 3 is 2.87 bits per heavy atom. The molecule has 0 aliphatic carbocycles. The fourth-order valence-corrected chi connectivity index (χ4v) is 1.67. The molecule has 0 radical (unpaired) electrons. The number of hydrogen-bond donors (Lipinski definition) is 2. The average molecular weight is 271 g/mol. The fourth-order valence-electron chi connectivity index (χ4n) is 1.34. The van der Waals surface area contributed by atoms with Crippen molar-refractivity contribution in [3.05, 3.63) is 34.1 Å². The summed E-state index contributed by atoms with van der Waals surface area (Å²) in [6.45, 7) is 0. The minimum atomic E-state index is -0.288. The molecule has 1 rings (SSSR count). The first-order valence-electron chi connectivity index (χ1n) is 4.53. The van der Waals surface area contributed by atoms with Gasteiger partial charge in [0.1, 0.15) is 5.82 Å². The van der Waals surface area contributed by atoms with Gasteiger partial charge in [-0.05, 0) is 18.6 Å². The van der Waals surface area contributed by atoms with Crippen molar-refractivity contribution in [1.29, 1.82) is 0 Å². The van der Waals surface area contributed by atoms with Gasteiger partial charge in [0.15, 0.2) is 0 Å². The molecule has 0 aliphatic heterocycles. The van der Waals surface area contributed by atoms with E-state index in [4.69, 9.17) is 12.3 Å². The SMILES string of the molecule is C#CCCC(NN)c1ccc(Br)cc1F. The monoisotopic (exact) mass is 270 g/mol. The molecule has 1 aromatic carbocycles. The molecule has 0 amide bonds. The smallest absolute Gasteiger partial charge is 0.129 e. The molecular weight excluding hydrogens is 259 g/mol. The Labute approximate surface area is 97.1 Å². The van der Waals surface area contributed by atoms with Gasteiger partial charge < -0.3 is 0 Å². The summed E-state index contributed by atoms with van der Waals surface area (Å²) in [4.78, 5) is 0. The highest BCUT2D eigenvalue weighted by Gasteiger charge is 2.13. The molecular formula is C11H12BrFN2. The lowest BCUT2D eigenvalue weighted by Gasteiger charge is -2.15. The molecule has 1 unspecified atom stereocenters. The van der Waals surface area contributed by atoms with Crippen molar-refractivity contribution in [3.8, 4) is 12.3 Å². The van der Waals surface area contributed by atoms with Crippen LogP contribution in [0.15, 0.2) is 22.7 Å². The molecule has 0 bridgehead atoms. The minimum Gasteiger partial charge on any atom is -0.271 e. The summed E-state index contributed by atoms with van der Waals surface area (Å²) in [5, 5.41) is 0. The maximum Gasteiger partial charge on any atom is 0.129 e. The molecule has 4 heteroatoms. The van der Waals surface area contributed by atoms with Gasteiger partial charge in [0.2, 0.25) is 0 Å². The van der Waals surface area contributed by atoms with Crippen LogP contribution in [0.25, 0.3) is 0 Å². The summed E-state index contributed by atoms with van der Waals surface area (Å²) >= 11 is 3.20. The lowest BCUT2D eigenvalue weighted by molar-refractivity contribution is 0.490. The Kier molecular flexibility index (Phi) is 4.76. The largest absolute Gasteiger partial charge is 0.271 e. The summed E-state index contributed by atoms with van der Waals surface area (Å²) in [6, 6.07) is 4.64. The van der Waals surface area contributed by atoms with Crippen LogP contribution in [0.4, 0.5) is 4.39 Å². The van der Waals surface area contributed by atoms with E-state index in [0.29, 0.717) is 22.9 Å². The van der Waals surface area contributed by atoms with Crippen LogP contribution in [0.1, 0.15) is 24.4 Å². The van der Waals surface area contributed by atoms with Gasteiger partial charge in [-0.1, -0.05) is 22.0 Å². The van der Waals surface area contributed by atoms with Crippen molar-refractivity contribution in [2.75, 3.05) is 0 Å². The van der Waals surface area contributed by atoms with E-state index in [1.165, 1.54) is 6.07 Å². The molecule has 0 saturated carbocycles. The van der Waals surface area contributed by atoms with Crippen molar-refractivity contribution >= 4 is 15.9 Å². The average Bonchev–Trinajstić information content (AvgIpc) is 2.21. The summed E-state index contributed by atoms with van der Waals surface area (Å²) in [5.74, 6) is 7.57. The van der Waals surface area contributed by atoms with Crippen molar-refractivity contribution in [2.45, 2.75) is 18.9 Å². The van der Waals surface area contributed by atoms with Gasteiger partial charge >= 0.3 is 0 Å². The lowest BCUT2D eigenvalue weighted by Crippen LogP contribution is -2.28. The van der Waals surface area contributed by atoms with Crippen LogP contribution in [0.2, 0.25) is 0 Å². The first-order valence-corrected chi connectivity index (χ1v) is 5.33. The topological polar surface area (TPSA) is 38.0 Å². The highest BCUT2D eigenvalue weighted by molar-refractivity contribution is 9.10. The summed E-state index contributed by atoms with van der Waals surface area (Å²) in [5.41, 5.74) is 3.10. The molecule has 0 spiro atoms. The van der Waals surface area contributed by atoms with Gasteiger partial charge in [0, 0.05) is 22.5 Å². The number of terminal acetylenes is 1. The van der Waals surface area contributed by atoms with Crippen LogP contribution in [0.5, 0.6) is 0 Å². The van der Waals surface area contributed by atoms with E-state index in [1.807, 2.05) is 0 Å². The van der Waals surface area contributed by atoms with Crippen molar-refractivity contribution < 1.29 is 4.39 Å². The van der Waals surface area contributed by atoms with Crippen molar-refractivity contribution in [2.24, 2.45) is 5.84 Å². The molecule has 1 aromatic rings. The number of nitrogens with two attached hydrogens (primary N) is 1. The first kappa shape index (κ1) is 12.2. The van der Waals surface area contributed by atoms with E-state index in [1.54, 1.807) is 12.1 Å². The second-order valence-corrected chi connectivity index (χ2v) is 4.04. The summed E-state index contributed by atoms with van der Waals surface area (Å²) in [7, 11) is 0. The zero-order valence-corrected chi connectivity index (χ0v) is 9.72. The molecule has 1 atom stereocenters. The maximum absolute atomic E-state index is 13.5. The van der Waals surface area contributed by atoms with Gasteiger partial charge in [0.25, 0.3) is 0 Å². The molecule has 0 heterocycles. The summed E-state index contributed by atoms with van der Waals surface area (Å²) < 4.78 is 14.2. The molecule has 0 aromatic heterocycles. The third kappa shape index (κ3) is 3.31. The lowest BCUT2D eigenvalue weighted by atomic mass is 10.0. The Hall–Kier alpha value is -0.890. The van der Waals surface area contributed by atoms with Gasteiger partial charge in [-0.15, -0.1) is 12.3 Å². The third-order valence-electron chi connectivity index (χ3n) is 2.12. The second kappa shape index (κ2) is 5.86. The molecule has 0 aliphatic rings. The van der Waals surface area contributed by atoms with E-state index in [0.717, 1.165) is 0 Å². The number of rotatable bonds is 4. The van der Waals surface area contributed by atoms with E-state index < -0.39 is 0 Å². The van der Waals surface area contributed by atoms with Crippen molar-refractivity contribution in [3.63, 3.8) is 0 Å². The first-order chi connectivity index (χ1) is 7.19. The normalized spacial score (nSPS) is 12.1. The Morgan fingerprint density at radius 1 is 1.60 bits per heavy atom. The molecule has 0 saturated heterocycles. The number of hydrogen-bond acceptors (Lipinski definition) is 2. The third-order valence-corrected chi connectivity index (χ3v) is 2.61. The van der Waals surface area contributed by atoms with E-state index in [2.05, 4.69) is 27.3 Å². The Balaban J connectivity index is 2.87. The molecule has 15 heavy (non-hydrogen) atoms. The zero-order chi connectivity index (χ0) is 11.3. The predicted molar refractivity (Wildman–Crippen MR) is 62.2 cm³/mol. The van der Waals surface area contributed by atoms with Crippen LogP contribution in [-0.4, -0.2) is 0 Å². The van der Waals surface area contributed by atoms with Crippen molar-refractivity contribution in [1.82, 2.24) is 5.43 Å². The van der Waals surface area contributed by atoms with Crippen LogP contribution < -0.4 is 11.3 Å². The van der Waals surface area contributed by atoms with Gasteiger partial charge in [-0.25, -0.2) is 4.39 Å². The van der Waals surface area contributed by atoms with Crippen LogP contribution >= 0.6 is 15.9 Å². The minimum absolute atomic E-state index is 0.242. The second-order valence-electron chi connectivity index (χ2n) is 3.13. The Morgan fingerprint density at radius 2 is 2.33 bits per heavy atom. The fraction of sp³-hybridized carbons (Fsp3) is 0.273. The number of benzene rings is 1. The Bertz CT molecular complexity index is 373. The maximum atomic E-state index is 13.5. The van der Waals surface area contributed by atoms with Gasteiger partial charge in [-0.3, -0.25) is 11.3 Å². The van der Waals surface area contributed by atoms with E-state index in [9.17, 15) is 4.39 Å². The van der Waals surface area contributed by atoms with Crippen LogP contribution in [-0.2, 0) is 0 Å². The molecule has 80 valence electrons. The van der Waals surface area contributed by atoms with Gasteiger partial charge in [0.05, 0.1) is 0 Å². The summed E-state index contributed by atoms with van der Waals surface area (Å²) in [6.07, 6.45) is 6.33. The van der Waals surface area contributed by atoms with Crippen LogP contribution in [0, 0.1) is 18.2 Å². The standard InChI is InChI=1S/C11H12BrFN2/c1-2-3-4-11(15-14)9-6-5-8(12)7-10(9)13/h1,5-7,11,15H,3-4,14H2. The van der Waals surface area contributed by atoms with Crippen LogP contribution in [0.3, 0.4) is 0 Å².